The summed E-state index contributed by atoms with van der Waals surface area (Å²) in [6.07, 6.45) is 5.14. The molecule has 0 amide bonds. The van der Waals surface area contributed by atoms with Crippen molar-refractivity contribution < 1.29 is 18.1 Å². The second-order valence-corrected chi connectivity index (χ2v) is 5.54. The van der Waals surface area contributed by atoms with E-state index in [9.17, 15) is 4.57 Å². The molecule has 0 fully saturated rings. The highest BCUT2D eigenvalue weighted by Crippen LogP contribution is 2.51. The van der Waals surface area contributed by atoms with Gasteiger partial charge in [0, 0.05) is 0 Å². The first-order valence-electron chi connectivity index (χ1n) is 6.69. The third-order valence-corrected chi connectivity index (χ3v) is 4.14. The molecule has 0 rings (SSSR count). The van der Waals surface area contributed by atoms with Crippen LogP contribution < -0.4 is 0 Å². The third-order valence-electron chi connectivity index (χ3n) is 2.44. The van der Waals surface area contributed by atoms with Crippen molar-refractivity contribution in [1.29, 1.82) is 0 Å². The Bertz CT molecular complexity index is 211. The van der Waals surface area contributed by atoms with Gasteiger partial charge >= 0.3 is 7.82 Å². The molecule has 1 unspecified atom stereocenters. The minimum absolute atomic E-state index is 0.0366. The number of hydrogen-bond donors (Lipinski definition) is 0. The Morgan fingerprint density at radius 3 is 2.00 bits per heavy atom. The molecule has 0 N–H and O–H groups in total. The van der Waals surface area contributed by atoms with Gasteiger partial charge in [0.1, 0.15) is 0 Å². The summed E-state index contributed by atoms with van der Waals surface area (Å²) < 4.78 is 27.9. The summed E-state index contributed by atoms with van der Waals surface area (Å²) >= 11 is 0. The summed E-state index contributed by atoms with van der Waals surface area (Å²) in [5, 5.41) is 0. The lowest BCUT2D eigenvalue weighted by Gasteiger charge is -2.22. The molecule has 1 atom stereocenters. The van der Waals surface area contributed by atoms with Crippen molar-refractivity contribution in [1.82, 2.24) is 0 Å². The molecule has 17 heavy (non-hydrogen) atoms. The smallest absolute Gasteiger partial charge is 0.287 e. The van der Waals surface area contributed by atoms with Gasteiger partial charge in [-0.05, 0) is 26.7 Å². The number of rotatable bonds is 11. The molecule has 0 saturated heterocycles. The lowest BCUT2D eigenvalue weighted by Crippen LogP contribution is -2.12. The summed E-state index contributed by atoms with van der Waals surface area (Å²) in [6, 6.07) is 0. The largest absolute Gasteiger partial charge is 0.475 e. The minimum Gasteiger partial charge on any atom is -0.287 e. The van der Waals surface area contributed by atoms with Gasteiger partial charge in [-0.1, -0.05) is 33.1 Å². The van der Waals surface area contributed by atoms with Crippen molar-refractivity contribution in [3.63, 3.8) is 0 Å². The maximum Gasteiger partial charge on any atom is 0.475 e. The molecule has 0 aliphatic rings. The molecule has 0 spiro atoms. The Hall–Kier alpha value is 0.110. The fourth-order valence-electron chi connectivity index (χ4n) is 1.55. The zero-order valence-corrected chi connectivity index (χ0v) is 12.5. The molecule has 0 saturated carbocycles. The van der Waals surface area contributed by atoms with Crippen LogP contribution in [0.15, 0.2) is 0 Å². The van der Waals surface area contributed by atoms with Crippen LogP contribution in [0.4, 0.5) is 0 Å². The SMILES string of the molecule is CCCCCC(CC)OP(=O)(OCC)OCC. The van der Waals surface area contributed by atoms with E-state index in [0.29, 0.717) is 13.2 Å². The molecular formula is C12H27O4P. The number of hydrogen-bond acceptors (Lipinski definition) is 4. The first kappa shape index (κ1) is 17.1. The van der Waals surface area contributed by atoms with Crippen LogP contribution in [0.2, 0.25) is 0 Å². The normalized spacial score (nSPS) is 13.9. The van der Waals surface area contributed by atoms with Crippen molar-refractivity contribution in [2.45, 2.75) is 65.9 Å². The highest BCUT2D eigenvalue weighted by Gasteiger charge is 2.28. The summed E-state index contributed by atoms with van der Waals surface area (Å²) in [6.45, 7) is 8.43. The highest BCUT2D eigenvalue weighted by atomic mass is 31.2. The minimum atomic E-state index is -3.34. The van der Waals surface area contributed by atoms with Crippen molar-refractivity contribution >= 4 is 7.82 Å². The lowest BCUT2D eigenvalue weighted by molar-refractivity contribution is 0.0768. The van der Waals surface area contributed by atoms with E-state index in [4.69, 9.17) is 13.6 Å². The van der Waals surface area contributed by atoms with Crippen molar-refractivity contribution in [2.24, 2.45) is 0 Å². The summed E-state index contributed by atoms with van der Waals surface area (Å²) in [5.41, 5.74) is 0. The molecular weight excluding hydrogens is 239 g/mol. The van der Waals surface area contributed by atoms with E-state index < -0.39 is 7.82 Å². The molecule has 0 radical (unpaired) electrons. The summed E-state index contributed by atoms with van der Waals surface area (Å²) in [4.78, 5) is 0. The molecule has 104 valence electrons. The van der Waals surface area contributed by atoms with Gasteiger partial charge < -0.3 is 0 Å². The van der Waals surface area contributed by atoms with Crippen LogP contribution in [0, 0.1) is 0 Å². The molecule has 5 heteroatoms. The van der Waals surface area contributed by atoms with E-state index in [1.54, 1.807) is 13.8 Å². The van der Waals surface area contributed by atoms with E-state index in [0.717, 1.165) is 19.3 Å². The third kappa shape index (κ3) is 7.93. The first-order chi connectivity index (χ1) is 8.11. The first-order valence-corrected chi connectivity index (χ1v) is 8.15. The molecule has 0 aromatic carbocycles. The van der Waals surface area contributed by atoms with Crippen LogP contribution in [0.5, 0.6) is 0 Å². The van der Waals surface area contributed by atoms with E-state index in [2.05, 4.69) is 6.92 Å². The van der Waals surface area contributed by atoms with Gasteiger partial charge in [-0.15, -0.1) is 0 Å². The summed E-state index contributed by atoms with van der Waals surface area (Å²) in [5.74, 6) is 0. The Morgan fingerprint density at radius 1 is 1.00 bits per heavy atom. The van der Waals surface area contributed by atoms with Gasteiger partial charge in [0.15, 0.2) is 0 Å². The van der Waals surface area contributed by atoms with Crippen molar-refractivity contribution in [2.75, 3.05) is 13.2 Å². The molecule has 0 aromatic rings. The van der Waals surface area contributed by atoms with Gasteiger partial charge in [0.2, 0.25) is 0 Å². The highest BCUT2D eigenvalue weighted by molar-refractivity contribution is 7.48. The molecule has 0 aliphatic carbocycles. The average Bonchev–Trinajstić information content (AvgIpc) is 2.28. The Morgan fingerprint density at radius 2 is 1.59 bits per heavy atom. The predicted molar refractivity (Wildman–Crippen MR) is 70.2 cm³/mol. The second-order valence-electron chi connectivity index (χ2n) is 3.91. The fourth-order valence-corrected chi connectivity index (χ4v) is 3.00. The standard InChI is InChI=1S/C12H27O4P/c1-5-9-10-11-12(6-2)16-17(13,14-7-3)15-8-4/h12H,5-11H2,1-4H3. The fraction of sp³-hybridized carbons (Fsp3) is 1.00. The summed E-state index contributed by atoms with van der Waals surface area (Å²) in [7, 11) is -3.34. The van der Waals surface area contributed by atoms with Crippen LogP contribution in [0.25, 0.3) is 0 Å². The lowest BCUT2D eigenvalue weighted by atomic mass is 10.1. The van der Waals surface area contributed by atoms with E-state index >= 15 is 0 Å². The van der Waals surface area contributed by atoms with Crippen LogP contribution in [-0.4, -0.2) is 19.3 Å². The Balaban J connectivity index is 4.22. The Kier molecular flexibility index (Phi) is 10.1. The zero-order valence-electron chi connectivity index (χ0n) is 11.6. The van der Waals surface area contributed by atoms with Gasteiger partial charge in [-0.25, -0.2) is 4.57 Å². The zero-order chi connectivity index (χ0) is 13.1. The van der Waals surface area contributed by atoms with Crippen molar-refractivity contribution in [3.05, 3.63) is 0 Å². The maximum atomic E-state index is 12.1. The topological polar surface area (TPSA) is 44.8 Å². The average molecular weight is 266 g/mol. The molecule has 0 heterocycles. The second kappa shape index (κ2) is 10.1. The van der Waals surface area contributed by atoms with Gasteiger partial charge in [-0.2, -0.15) is 0 Å². The predicted octanol–water partition coefficient (Wildman–Crippen LogP) is 4.54. The van der Waals surface area contributed by atoms with Gasteiger partial charge in [0.25, 0.3) is 0 Å². The Labute approximate surface area is 106 Å². The molecule has 4 nitrogen and oxygen atoms in total. The molecule has 0 bridgehead atoms. The number of phosphoric acid groups is 1. The van der Waals surface area contributed by atoms with Crippen LogP contribution in [0.3, 0.4) is 0 Å². The maximum absolute atomic E-state index is 12.1. The monoisotopic (exact) mass is 266 g/mol. The number of phosphoric ester groups is 1. The van der Waals surface area contributed by atoms with Crippen LogP contribution in [-0.2, 0) is 18.1 Å². The molecule has 0 aromatic heterocycles. The van der Waals surface area contributed by atoms with E-state index in [-0.39, 0.29) is 6.10 Å². The van der Waals surface area contributed by atoms with Gasteiger partial charge in [-0.3, -0.25) is 13.6 Å². The van der Waals surface area contributed by atoms with E-state index in [1.807, 2.05) is 6.92 Å². The quantitative estimate of drug-likeness (QED) is 0.406. The van der Waals surface area contributed by atoms with E-state index in [1.165, 1.54) is 12.8 Å². The van der Waals surface area contributed by atoms with Crippen LogP contribution >= 0.6 is 7.82 Å². The van der Waals surface area contributed by atoms with Gasteiger partial charge in [0.05, 0.1) is 19.3 Å². The molecule has 0 aliphatic heterocycles. The van der Waals surface area contributed by atoms with Crippen molar-refractivity contribution in [3.8, 4) is 0 Å². The van der Waals surface area contributed by atoms with Crippen LogP contribution in [0.1, 0.15) is 59.8 Å². The number of unbranched alkanes of at least 4 members (excludes halogenated alkanes) is 2.